The molecule has 0 saturated heterocycles. The van der Waals surface area contributed by atoms with Crippen LogP contribution in [0, 0.1) is 22.7 Å². The van der Waals surface area contributed by atoms with Gasteiger partial charge in [0.05, 0.1) is 10.2 Å². The van der Waals surface area contributed by atoms with E-state index in [9.17, 15) is 9.90 Å². The maximum Gasteiger partial charge on any atom is 0.178 e. The van der Waals surface area contributed by atoms with Gasteiger partial charge < -0.3 is 5.11 Å². The standard InChI is InChI=1S/C21H28F2O2S2/c1-18-7-5-12(24)9-15(18)16(22)10-14-13-6-8-20(26-3,27-4)19(13,2)11-17(25)21(14,18)23/h5,7,9,13-14,16-17,25H,6,8,10-11H2,1-4H3/t13-,14-,16+,17-,18-,19-,21-/m0/s1. The smallest absolute Gasteiger partial charge is 0.178 e. The van der Waals surface area contributed by atoms with E-state index in [1.807, 2.05) is 0 Å². The molecule has 4 aliphatic rings. The van der Waals surface area contributed by atoms with E-state index in [2.05, 4.69) is 19.4 Å². The first-order valence-electron chi connectivity index (χ1n) is 9.66. The molecule has 0 aromatic carbocycles. The SMILES string of the molecule is CSC1(SC)CC[C@H]2[C@@H]3C[C@@H](F)C4=CC(=O)C=C[C@]4(C)[C@@]3(F)[C@@H](O)C[C@@]21C. The van der Waals surface area contributed by atoms with Gasteiger partial charge in [0.25, 0.3) is 0 Å². The number of aliphatic hydroxyl groups is 1. The number of fused-ring (bicyclic) bond motifs is 5. The van der Waals surface area contributed by atoms with Gasteiger partial charge in [0, 0.05) is 11.3 Å². The van der Waals surface area contributed by atoms with Crippen LogP contribution in [-0.4, -0.2) is 45.4 Å². The van der Waals surface area contributed by atoms with Crippen molar-refractivity contribution in [1.82, 2.24) is 0 Å². The van der Waals surface area contributed by atoms with Crippen LogP contribution in [0.2, 0.25) is 0 Å². The summed E-state index contributed by atoms with van der Waals surface area (Å²) < 4.78 is 32.0. The third kappa shape index (κ3) is 2.21. The monoisotopic (exact) mass is 414 g/mol. The number of halogens is 2. The minimum absolute atomic E-state index is 0.0217. The summed E-state index contributed by atoms with van der Waals surface area (Å²) in [6.45, 7) is 3.83. The summed E-state index contributed by atoms with van der Waals surface area (Å²) in [5, 5.41) is 11.2. The second kappa shape index (κ2) is 6.09. The lowest BCUT2D eigenvalue weighted by molar-refractivity contribution is -0.196. The Kier molecular flexibility index (Phi) is 4.50. The number of allylic oxidation sites excluding steroid dienone is 4. The van der Waals surface area contributed by atoms with E-state index in [-0.39, 0.29) is 33.2 Å². The number of thioether (sulfide) groups is 2. The van der Waals surface area contributed by atoms with Gasteiger partial charge in [-0.3, -0.25) is 4.79 Å². The molecule has 1 N–H and O–H groups in total. The average molecular weight is 415 g/mol. The molecule has 0 aromatic rings. The fraction of sp³-hybridized carbons (Fsp3) is 0.762. The van der Waals surface area contributed by atoms with Gasteiger partial charge in [-0.05, 0) is 74.2 Å². The maximum absolute atomic E-state index is 16.9. The van der Waals surface area contributed by atoms with Crippen molar-refractivity contribution in [2.45, 2.75) is 61.6 Å². The van der Waals surface area contributed by atoms with Crippen LogP contribution in [0.5, 0.6) is 0 Å². The van der Waals surface area contributed by atoms with Gasteiger partial charge in [-0.25, -0.2) is 8.78 Å². The molecule has 4 aliphatic carbocycles. The molecule has 0 radical (unpaired) electrons. The van der Waals surface area contributed by atoms with Crippen molar-refractivity contribution < 1.29 is 18.7 Å². The highest BCUT2D eigenvalue weighted by Gasteiger charge is 2.74. The molecule has 0 aromatic heterocycles. The second-order valence-corrected chi connectivity index (χ2v) is 11.5. The predicted molar refractivity (Wildman–Crippen MR) is 108 cm³/mol. The Morgan fingerprint density at radius 2 is 1.89 bits per heavy atom. The molecule has 6 heteroatoms. The normalized spacial score (nSPS) is 50.6. The van der Waals surface area contributed by atoms with Crippen molar-refractivity contribution in [3.8, 4) is 0 Å². The van der Waals surface area contributed by atoms with E-state index >= 15 is 8.78 Å². The lowest BCUT2D eigenvalue weighted by atomic mass is 9.45. The van der Waals surface area contributed by atoms with Crippen LogP contribution >= 0.6 is 23.5 Å². The number of rotatable bonds is 2. The Bertz CT molecular complexity index is 734. The van der Waals surface area contributed by atoms with Crippen LogP contribution in [0.3, 0.4) is 0 Å². The summed E-state index contributed by atoms with van der Waals surface area (Å²) in [5.74, 6) is -0.831. The third-order valence-corrected chi connectivity index (χ3v) is 12.0. The number of carbonyl (C=O) groups excluding carboxylic acids is 1. The third-order valence-electron chi connectivity index (χ3n) is 8.33. The minimum atomic E-state index is -1.95. The van der Waals surface area contributed by atoms with Crippen molar-refractivity contribution in [2.24, 2.45) is 22.7 Å². The molecule has 0 unspecified atom stereocenters. The van der Waals surface area contributed by atoms with Gasteiger partial charge in [0.2, 0.25) is 0 Å². The van der Waals surface area contributed by atoms with Crippen molar-refractivity contribution in [2.75, 3.05) is 12.5 Å². The minimum Gasteiger partial charge on any atom is -0.390 e. The van der Waals surface area contributed by atoms with Crippen molar-refractivity contribution >= 4 is 29.3 Å². The Labute approximate surface area is 168 Å². The fourth-order valence-electron chi connectivity index (χ4n) is 6.91. The zero-order chi connectivity index (χ0) is 19.8. The molecule has 7 atom stereocenters. The maximum atomic E-state index is 16.9. The Morgan fingerprint density at radius 3 is 2.52 bits per heavy atom. The molecular formula is C21H28F2O2S2. The van der Waals surface area contributed by atoms with Gasteiger partial charge in [-0.1, -0.05) is 13.0 Å². The fourth-order valence-corrected chi connectivity index (χ4v) is 9.62. The largest absolute Gasteiger partial charge is 0.390 e. The first-order valence-corrected chi connectivity index (χ1v) is 12.1. The molecular weight excluding hydrogens is 386 g/mol. The van der Waals surface area contributed by atoms with Crippen molar-refractivity contribution in [1.29, 1.82) is 0 Å². The molecule has 27 heavy (non-hydrogen) atoms. The summed E-state index contributed by atoms with van der Waals surface area (Å²) in [5.41, 5.74) is -3.27. The van der Waals surface area contributed by atoms with Gasteiger partial charge in [0.15, 0.2) is 11.5 Å². The number of carbonyl (C=O) groups is 1. The van der Waals surface area contributed by atoms with Gasteiger partial charge >= 0.3 is 0 Å². The Balaban J connectivity index is 1.85. The van der Waals surface area contributed by atoms with E-state index in [0.29, 0.717) is 6.42 Å². The quantitative estimate of drug-likeness (QED) is 0.663. The van der Waals surface area contributed by atoms with Crippen LogP contribution in [0.4, 0.5) is 8.78 Å². The Hall–Kier alpha value is -0.330. The van der Waals surface area contributed by atoms with Crippen LogP contribution in [0.15, 0.2) is 23.8 Å². The topological polar surface area (TPSA) is 37.3 Å². The number of ketones is 1. The van der Waals surface area contributed by atoms with Crippen LogP contribution in [0.1, 0.15) is 39.5 Å². The van der Waals surface area contributed by atoms with Crippen LogP contribution in [0.25, 0.3) is 0 Å². The Morgan fingerprint density at radius 1 is 1.22 bits per heavy atom. The zero-order valence-electron chi connectivity index (χ0n) is 16.3. The molecule has 0 amide bonds. The number of aliphatic hydroxyl groups excluding tert-OH is 1. The number of hydrogen-bond acceptors (Lipinski definition) is 4. The highest BCUT2D eigenvalue weighted by molar-refractivity contribution is 8.17. The highest BCUT2D eigenvalue weighted by atomic mass is 32.2. The lowest BCUT2D eigenvalue weighted by Crippen LogP contribution is -2.69. The van der Waals surface area contributed by atoms with E-state index in [4.69, 9.17) is 0 Å². The summed E-state index contributed by atoms with van der Waals surface area (Å²) in [7, 11) is 0. The van der Waals surface area contributed by atoms with Crippen LogP contribution < -0.4 is 0 Å². The first kappa shape index (κ1) is 20.0. The molecule has 3 fully saturated rings. The molecule has 0 bridgehead atoms. The van der Waals surface area contributed by atoms with Gasteiger partial charge in [-0.15, -0.1) is 23.5 Å². The molecule has 2 nitrogen and oxygen atoms in total. The summed E-state index contributed by atoms with van der Waals surface area (Å²) in [6, 6.07) is 0. The number of hydrogen-bond donors (Lipinski definition) is 1. The van der Waals surface area contributed by atoms with Gasteiger partial charge in [0.1, 0.15) is 6.17 Å². The summed E-state index contributed by atoms with van der Waals surface area (Å²) in [6.07, 6.45) is 7.98. The predicted octanol–water partition coefficient (Wildman–Crippen LogP) is 4.73. The highest BCUT2D eigenvalue weighted by Crippen LogP contribution is 2.73. The molecule has 0 spiro atoms. The van der Waals surface area contributed by atoms with Crippen LogP contribution in [-0.2, 0) is 4.79 Å². The summed E-state index contributed by atoms with van der Waals surface area (Å²) >= 11 is 3.59. The molecule has 150 valence electrons. The average Bonchev–Trinajstić information content (AvgIpc) is 2.92. The number of alkyl halides is 2. The first-order chi connectivity index (χ1) is 12.6. The molecule has 4 rings (SSSR count). The van der Waals surface area contributed by atoms with E-state index in [1.165, 1.54) is 18.2 Å². The molecule has 3 saturated carbocycles. The van der Waals surface area contributed by atoms with Crippen molar-refractivity contribution in [3.63, 3.8) is 0 Å². The van der Waals surface area contributed by atoms with Gasteiger partial charge in [-0.2, -0.15) is 0 Å². The molecule has 0 aliphatic heterocycles. The summed E-state index contributed by atoms with van der Waals surface area (Å²) in [4.78, 5) is 11.8. The van der Waals surface area contributed by atoms with E-state index in [1.54, 1.807) is 30.4 Å². The molecule has 0 heterocycles. The van der Waals surface area contributed by atoms with E-state index in [0.717, 1.165) is 12.8 Å². The zero-order valence-corrected chi connectivity index (χ0v) is 17.9. The lowest BCUT2D eigenvalue weighted by Gasteiger charge is -2.63. The van der Waals surface area contributed by atoms with E-state index < -0.39 is 29.3 Å². The second-order valence-electron chi connectivity index (χ2n) is 9.06. The van der Waals surface area contributed by atoms with Crippen molar-refractivity contribution in [3.05, 3.63) is 23.8 Å².